The number of carbonyl (C=O) groups is 1. The highest BCUT2D eigenvalue weighted by Gasteiger charge is 2.43. The molecule has 19 heavy (non-hydrogen) atoms. The van der Waals surface area contributed by atoms with E-state index in [1.807, 2.05) is 35.7 Å². The van der Waals surface area contributed by atoms with Gasteiger partial charge < -0.3 is 14.2 Å². The Kier molecular flexibility index (Phi) is 3.13. The lowest BCUT2D eigenvalue weighted by Crippen LogP contribution is -2.48. The lowest BCUT2D eigenvalue weighted by Gasteiger charge is -2.37. The van der Waals surface area contributed by atoms with E-state index in [0.717, 1.165) is 24.3 Å². The van der Waals surface area contributed by atoms with Gasteiger partial charge in [0.2, 0.25) is 0 Å². The van der Waals surface area contributed by atoms with Crippen molar-refractivity contribution in [2.24, 2.45) is 18.9 Å². The van der Waals surface area contributed by atoms with Crippen molar-refractivity contribution in [2.45, 2.75) is 25.9 Å². The molecule has 1 saturated heterocycles. The molecule has 1 aliphatic heterocycles. The van der Waals surface area contributed by atoms with Crippen LogP contribution in [0.3, 0.4) is 0 Å². The minimum absolute atomic E-state index is 0.185. The monoisotopic (exact) mass is 262 g/mol. The molecule has 2 heterocycles. The van der Waals surface area contributed by atoms with Crippen LogP contribution in [-0.4, -0.2) is 41.7 Å². The summed E-state index contributed by atoms with van der Waals surface area (Å²) in [5.41, 5.74) is 1.89. The molecule has 0 spiro atoms. The van der Waals surface area contributed by atoms with Crippen LogP contribution < -0.4 is 0 Å². The van der Waals surface area contributed by atoms with Crippen LogP contribution in [0.5, 0.6) is 0 Å². The van der Waals surface area contributed by atoms with Crippen LogP contribution in [-0.2, 0) is 11.8 Å². The summed E-state index contributed by atoms with van der Waals surface area (Å²) in [6.07, 6.45) is 4.71. The summed E-state index contributed by atoms with van der Waals surface area (Å²) in [7, 11) is 3.78. The molecule has 1 aromatic heterocycles. The van der Waals surface area contributed by atoms with Crippen molar-refractivity contribution in [3.63, 3.8) is 0 Å². The molecule has 0 aromatic carbocycles. The number of nitrogens with zero attached hydrogens (tertiary/aromatic N) is 2. The van der Waals surface area contributed by atoms with Gasteiger partial charge in [0.15, 0.2) is 0 Å². The summed E-state index contributed by atoms with van der Waals surface area (Å²) in [6, 6.07) is 1.93. The fourth-order valence-corrected chi connectivity index (χ4v) is 3.73. The van der Waals surface area contributed by atoms with E-state index in [-0.39, 0.29) is 5.91 Å². The number of hydrogen-bond donors (Lipinski definition) is 0. The standard InChI is InChI=1S/C15H22N2O2/c1-10-13(6-7-16(10)2)15(18)17-8-11-4-5-12(9-17)14(11)19-3/h6-7,11-12,14H,4-5,8-9H2,1-3H3/t11-,12+,14?. The van der Waals surface area contributed by atoms with Crippen LogP contribution in [0.25, 0.3) is 0 Å². The van der Waals surface area contributed by atoms with Crippen molar-refractivity contribution in [1.82, 2.24) is 9.47 Å². The average molecular weight is 262 g/mol. The van der Waals surface area contributed by atoms with Gasteiger partial charge in [0.25, 0.3) is 5.91 Å². The maximum Gasteiger partial charge on any atom is 0.255 e. The van der Waals surface area contributed by atoms with E-state index in [1.165, 1.54) is 12.8 Å². The zero-order valence-corrected chi connectivity index (χ0v) is 11.9. The van der Waals surface area contributed by atoms with Gasteiger partial charge in [-0.25, -0.2) is 0 Å². The Hall–Kier alpha value is -1.29. The largest absolute Gasteiger partial charge is 0.381 e. The molecule has 0 N–H and O–H groups in total. The summed E-state index contributed by atoms with van der Waals surface area (Å²) in [5.74, 6) is 1.23. The number of hydrogen-bond acceptors (Lipinski definition) is 2. The van der Waals surface area contributed by atoms with Gasteiger partial charge in [-0.3, -0.25) is 4.79 Å². The topological polar surface area (TPSA) is 34.5 Å². The number of likely N-dealkylation sites (tertiary alicyclic amines) is 1. The number of ether oxygens (including phenoxy) is 1. The number of fused-ring (bicyclic) bond motifs is 2. The lowest BCUT2D eigenvalue weighted by molar-refractivity contribution is -0.0113. The van der Waals surface area contributed by atoms with Crippen molar-refractivity contribution in [3.8, 4) is 0 Å². The molecule has 1 aliphatic carbocycles. The van der Waals surface area contributed by atoms with Crippen LogP contribution in [0.15, 0.2) is 12.3 Å². The molecular formula is C15H22N2O2. The second-order valence-electron chi connectivity index (χ2n) is 5.93. The van der Waals surface area contributed by atoms with E-state index in [0.29, 0.717) is 17.9 Å². The number of rotatable bonds is 2. The number of amides is 1. The quantitative estimate of drug-likeness (QED) is 0.815. The fourth-order valence-electron chi connectivity index (χ4n) is 3.73. The summed E-state index contributed by atoms with van der Waals surface area (Å²) in [6.45, 7) is 3.70. The van der Waals surface area contributed by atoms with Crippen LogP contribution in [0, 0.1) is 18.8 Å². The van der Waals surface area contributed by atoms with Gasteiger partial charge in [-0.15, -0.1) is 0 Å². The van der Waals surface area contributed by atoms with Crippen LogP contribution in [0.2, 0.25) is 0 Å². The Morgan fingerprint density at radius 2 is 1.95 bits per heavy atom. The predicted molar refractivity (Wildman–Crippen MR) is 73.1 cm³/mol. The molecule has 0 radical (unpaired) electrons. The minimum Gasteiger partial charge on any atom is -0.381 e. The van der Waals surface area contributed by atoms with Gasteiger partial charge in [-0.05, 0) is 25.8 Å². The molecule has 4 heteroatoms. The van der Waals surface area contributed by atoms with E-state index in [4.69, 9.17) is 4.74 Å². The second-order valence-corrected chi connectivity index (χ2v) is 5.93. The van der Waals surface area contributed by atoms with Gasteiger partial charge in [-0.2, -0.15) is 0 Å². The molecule has 1 aromatic rings. The molecule has 2 bridgehead atoms. The van der Waals surface area contributed by atoms with Crippen LogP contribution >= 0.6 is 0 Å². The Bertz CT molecular complexity index is 480. The molecule has 3 rings (SSSR count). The molecule has 2 fully saturated rings. The van der Waals surface area contributed by atoms with Crippen molar-refractivity contribution in [2.75, 3.05) is 20.2 Å². The highest BCUT2D eigenvalue weighted by Crippen LogP contribution is 2.39. The lowest BCUT2D eigenvalue weighted by atomic mass is 9.94. The van der Waals surface area contributed by atoms with E-state index in [9.17, 15) is 4.79 Å². The first-order valence-corrected chi connectivity index (χ1v) is 7.05. The average Bonchev–Trinajstić information content (AvgIpc) is 2.86. The zero-order chi connectivity index (χ0) is 13.6. The third kappa shape index (κ3) is 1.98. The highest BCUT2D eigenvalue weighted by molar-refractivity contribution is 5.95. The molecule has 1 amide bonds. The molecule has 104 valence electrons. The normalized spacial score (nSPS) is 29.8. The van der Waals surface area contributed by atoms with Crippen molar-refractivity contribution in [1.29, 1.82) is 0 Å². The Labute approximate surface area is 114 Å². The fraction of sp³-hybridized carbons (Fsp3) is 0.667. The second kappa shape index (κ2) is 4.67. The van der Waals surface area contributed by atoms with Gasteiger partial charge in [0, 0.05) is 51.0 Å². The zero-order valence-electron chi connectivity index (χ0n) is 11.9. The smallest absolute Gasteiger partial charge is 0.255 e. The third-order valence-electron chi connectivity index (χ3n) is 4.92. The first kappa shape index (κ1) is 12.7. The SMILES string of the molecule is COC1[C@@H]2CC[C@H]1CN(C(=O)c1ccn(C)c1C)C2. The van der Waals surface area contributed by atoms with Crippen molar-refractivity contribution in [3.05, 3.63) is 23.5 Å². The first-order valence-electron chi connectivity index (χ1n) is 7.05. The van der Waals surface area contributed by atoms with Gasteiger partial charge in [-0.1, -0.05) is 0 Å². The van der Waals surface area contributed by atoms with Crippen LogP contribution in [0.1, 0.15) is 28.9 Å². The highest BCUT2D eigenvalue weighted by atomic mass is 16.5. The minimum atomic E-state index is 0.185. The first-order chi connectivity index (χ1) is 9.11. The Morgan fingerprint density at radius 1 is 1.32 bits per heavy atom. The molecule has 1 unspecified atom stereocenters. The maximum absolute atomic E-state index is 12.6. The summed E-state index contributed by atoms with van der Waals surface area (Å²) >= 11 is 0. The molecule has 3 atom stereocenters. The third-order valence-corrected chi connectivity index (χ3v) is 4.92. The molecule has 2 aliphatic rings. The number of aryl methyl sites for hydroxylation is 1. The molecule has 4 nitrogen and oxygen atoms in total. The number of piperidine rings is 1. The number of aromatic nitrogens is 1. The Morgan fingerprint density at radius 3 is 2.42 bits per heavy atom. The van der Waals surface area contributed by atoms with Gasteiger partial charge >= 0.3 is 0 Å². The number of methoxy groups -OCH3 is 1. The molecular weight excluding hydrogens is 240 g/mol. The van der Waals surface area contributed by atoms with E-state index >= 15 is 0 Å². The Balaban J connectivity index is 1.78. The van der Waals surface area contributed by atoms with E-state index < -0.39 is 0 Å². The van der Waals surface area contributed by atoms with E-state index in [2.05, 4.69) is 0 Å². The van der Waals surface area contributed by atoms with Crippen molar-refractivity contribution < 1.29 is 9.53 Å². The summed E-state index contributed by atoms with van der Waals surface area (Å²) in [4.78, 5) is 14.6. The predicted octanol–water partition coefficient (Wildman–Crippen LogP) is 1.83. The van der Waals surface area contributed by atoms with Gasteiger partial charge in [0.05, 0.1) is 11.7 Å². The summed E-state index contributed by atoms with van der Waals surface area (Å²) in [5, 5.41) is 0. The van der Waals surface area contributed by atoms with Crippen molar-refractivity contribution >= 4 is 5.91 Å². The maximum atomic E-state index is 12.6. The summed E-state index contributed by atoms with van der Waals surface area (Å²) < 4.78 is 7.60. The van der Waals surface area contributed by atoms with Gasteiger partial charge in [0.1, 0.15) is 0 Å². The molecule has 1 saturated carbocycles. The number of carbonyl (C=O) groups excluding carboxylic acids is 1. The van der Waals surface area contributed by atoms with Crippen LogP contribution in [0.4, 0.5) is 0 Å². The van der Waals surface area contributed by atoms with E-state index in [1.54, 1.807) is 7.11 Å².